The predicted molar refractivity (Wildman–Crippen MR) is 136 cm³/mol. The predicted octanol–water partition coefficient (Wildman–Crippen LogP) is 6.53. The van der Waals surface area contributed by atoms with Gasteiger partial charge in [0.1, 0.15) is 18.1 Å². The largest absolute Gasteiger partial charge is 0.481 e. The Morgan fingerprint density at radius 3 is 2.06 bits per heavy atom. The SMILES string of the molecule is O=C(O)C[C@H](NC(=O)OCC1c2ccccc2-c2ccccc21)c1cccc(Oc2ccccc2)c1. The summed E-state index contributed by atoms with van der Waals surface area (Å²) in [4.78, 5) is 24.4. The molecule has 6 nitrogen and oxygen atoms in total. The number of carboxylic acid groups (broad SMARTS) is 1. The molecule has 4 aromatic carbocycles. The van der Waals surface area contributed by atoms with Crippen LogP contribution in [0.5, 0.6) is 11.5 Å². The summed E-state index contributed by atoms with van der Waals surface area (Å²) < 4.78 is 11.5. The summed E-state index contributed by atoms with van der Waals surface area (Å²) in [6, 6.07) is 31.7. The van der Waals surface area contributed by atoms with Gasteiger partial charge >= 0.3 is 12.1 Å². The summed E-state index contributed by atoms with van der Waals surface area (Å²) in [7, 11) is 0. The van der Waals surface area contributed by atoms with Gasteiger partial charge in [0.05, 0.1) is 12.5 Å². The summed E-state index contributed by atoms with van der Waals surface area (Å²) in [5.74, 6) is 0.0920. The van der Waals surface area contributed by atoms with Gasteiger partial charge in [0.15, 0.2) is 0 Å². The van der Waals surface area contributed by atoms with Crippen LogP contribution in [0.25, 0.3) is 11.1 Å². The molecule has 0 saturated heterocycles. The van der Waals surface area contributed by atoms with E-state index in [4.69, 9.17) is 9.47 Å². The number of benzene rings is 4. The second kappa shape index (κ2) is 10.4. The van der Waals surface area contributed by atoms with Crippen LogP contribution in [0.15, 0.2) is 103 Å². The highest BCUT2D eigenvalue weighted by Crippen LogP contribution is 2.44. The summed E-state index contributed by atoms with van der Waals surface area (Å²) in [5, 5.41) is 12.2. The van der Waals surface area contributed by atoms with Crippen LogP contribution in [0.3, 0.4) is 0 Å². The van der Waals surface area contributed by atoms with Crippen LogP contribution in [0.2, 0.25) is 0 Å². The lowest BCUT2D eigenvalue weighted by Crippen LogP contribution is -2.31. The van der Waals surface area contributed by atoms with E-state index in [1.807, 2.05) is 66.7 Å². The van der Waals surface area contributed by atoms with E-state index in [0.717, 1.165) is 22.3 Å². The first-order valence-electron chi connectivity index (χ1n) is 11.7. The molecule has 1 atom stereocenters. The molecule has 1 amide bonds. The number of amides is 1. The molecular weight excluding hydrogens is 454 g/mol. The maximum atomic E-state index is 12.8. The minimum atomic E-state index is -1.03. The maximum Gasteiger partial charge on any atom is 0.407 e. The first kappa shape index (κ1) is 23.2. The Hall–Kier alpha value is -4.58. The molecule has 180 valence electrons. The van der Waals surface area contributed by atoms with E-state index in [0.29, 0.717) is 17.1 Å². The molecule has 0 aromatic heterocycles. The Balaban J connectivity index is 1.29. The fourth-order valence-electron chi connectivity index (χ4n) is 4.63. The highest BCUT2D eigenvalue weighted by Gasteiger charge is 2.29. The number of rotatable bonds is 8. The van der Waals surface area contributed by atoms with Gasteiger partial charge in [-0.05, 0) is 52.1 Å². The first-order valence-corrected chi connectivity index (χ1v) is 11.7. The van der Waals surface area contributed by atoms with E-state index in [9.17, 15) is 14.7 Å². The summed E-state index contributed by atoms with van der Waals surface area (Å²) >= 11 is 0. The Morgan fingerprint density at radius 1 is 0.778 bits per heavy atom. The molecule has 0 bridgehead atoms. The molecule has 0 spiro atoms. The minimum absolute atomic E-state index is 0.0799. The maximum absolute atomic E-state index is 12.8. The van der Waals surface area contributed by atoms with Crippen molar-refractivity contribution >= 4 is 12.1 Å². The zero-order valence-corrected chi connectivity index (χ0v) is 19.5. The van der Waals surface area contributed by atoms with Crippen molar-refractivity contribution in [3.63, 3.8) is 0 Å². The number of hydrogen-bond acceptors (Lipinski definition) is 4. The number of hydrogen-bond donors (Lipinski definition) is 2. The van der Waals surface area contributed by atoms with Crippen molar-refractivity contribution in [2.45, 2.75) is 18.4 Å². The molecule has 2 N–H and O–H groups in total. The molecule has 0 fully saturated rings. The summed E-state index contributed by atoms with van der Waals surface area (Å²) in [6.45, 7) is 0.150. The quantitative estimate of drug-likeness (QED) is 0.300. The Bertz CT molecular complexity index is 1340. The lowest BCUT2D eigenvalue weighted by atomic mass is 9.98. The average molecular weight is 480 g/mol. The molecule has 0 aliphatic heterocycles. The number of carbonyl (C=O) groups excluding carboxylic acids is 1. The molecule has 0 heterocycles. The molecule has 4 aromatic rings. The van der Waals surface area contributed by atoms with Crippen LogP contribution in [-0.4, -0.2) is 23.8 Å². The topological polar surface area (TPSA) is 84.9 Å². The lowest BCUT2D eigenvalue weighted by molar-refractivity contribution is -0.137. The molecule has 0 saturated carbocycles. The highest BCUT2D eigenvalue weighted by molar-refractivity contribution is 5.79. The summed E-state index contributed by atoms with van der Waals surface area (Å²) in [5.41, 5.74) is 5.11. The van der Waals surface area contributed by atoms with Crippen molar-refractivity contribution < 1.29 is 24.2 Å². The van der Waals surface area contributed by atoms with Gasteiger partial charge in [0, 0.05) is 5.92 Å². The van der Waals surface area contributed by atoms with Gasteiger partial charge in [-0.2, -0.15) is 0 Å². The van der Waals surface area contributed by atoms with Crippen LogP contribution < -0.4 is 10.1 Å². The monoisotopic (exact) mass is 479 g/mol. The summed E-state index contributed by atoms with van der Waals surface area (Å²) in [6.07, 6.45) is -0.962. The number of nitrogens with one attached hydrogen (secondary N) is 1. The number of aliphatic carboxylic acids is 1. The number of alkyl carbamates (subject to hydrolysis) is 1. The van der Waals surface area contributed by atoms with E-state index >= 15 is 0 Å². The smallest absolute Gasteiger partial charge is 0.407 e. The van der Waals surface area contributed by atoms with Crippen molar-refractivity contribution in [2.24, 2.45) is 0 Å². The van der Waals surface area contributed by atoms with Crippen molar-refractivity contribution in [1.29, 1.82) is 0 Å². The van der Waals surface area contributed by atoms with Crippen molar-refractivity contribution in [2.75, 3.05) is 6.61 Å². The van der Waals surface area contributed by atoms with Gasteiger partial charge in [-0.15, -0.1) is 0 Å². The molecule has 0 unspecified atom stereocenters. The normalized spacial score (nSPS) is 12.8. The molecule has 1 aliphatic rings. The molecular formula is C30H25NO5. The van der Waals surface area contributed by atoms with Gasteiger partial charge in [0.2, 0.25) is 0 Å². The zero-order chi connectivity index (χ0) is 24.9. The van der Waals surface area contributed by atoms with Crippen molar-refractivity contribution in [3.05, 3.63) is 120 Å². The van der Waals surface area contributed by atoms with Gasteiger partial charge in [-0.1, -0.05) is 78.9 Å². The molecule has 36 heavy (non-hydrogen) atoms. The Morgan fingerprint density at radius 2 is 1.39 bits per heavy atom. The van der Waals surface area contributed by atoms with Crippen LogP contribution in [0.4, 0.5) is 4.79 Å². The van der Waals surface area contributed by atoms with E-state index in [2.05, 4.69) is 17.4 Å². The van der Waals surface area contributed by atoms with E-state index in [-0.39, 0.29) is 18.9 Å². The van der Waals surface area contributed by atoms with Gasteiger partial charge in [-0.25, -0.2) is 4.79 Å². The number of para-hydroxylation sites is 1. The van der Waals surface area contributed by atoms with Crippen LogP contribution in [0.1, 0.15) is 35.1 Å². The zero-order valence-electron chi connectivity index (χ0n) is 19.5. The standard InChI is InChI=1S/C30H25NO5/c32-29(33)18-28(20-9-8-12-22(17-20)36-21-10-2-1-3-11-21)31-30(34)35-19-27-25-15-6-4-13-23(25)24-14-5-7-16-26(24)27/h1-17,27-28H,18-19H2,(H,31,34)(H,32,33)/t28-/m0/s1. The van der Waals surface area contributed by atoms with Crippen molar-refractivity contribution in [1.82, 2.24) is 5.32 Å². The van der Waals surface area contributed by atoms with Crippen LogP contribution in [-0.2, 0) is 9.53 Å². The Labute approximate surface area is 209 Å². The highest BCUT2D eigenvalue weighted by atomic mass is 16.5. The van der Waals surface area contributed by atoms with E-state index < -0.39 is 18.1 Å². The minimum Gasteiger partial charge on any atom is -0.481 e. The second-order valence-electron chi connectivity index (χ2n) is 8.61. The third kappa shape index (κ3) is 5.08. The fourth-order valence-corrected chi connectivity index (χ4v) is 4.63. The lowest BCUT2D eigenvalue weighted by Gasteiger charge is -2.20. The number of ether oxygens (including phenoxy) is 2. The Kier molecular flexibility index (Phi) is 6.67. The third-order valence-corrected chi connectivity index (χ3v) is 6.25. The molecule has 5 rings (SSSR count). The van der Waals surface area contributed by atoms with Crippen molar-refractivity contribution in [3.8, 4) is 22.6 Å². The van der Waals surface area contributed by atoms with E-state index in [1.54, 1.807) is 24.3 Å². The fraction of sp³-hybridized carbons (Fsp3) is 0.133. The second-order valence-corrected chi connectivity index (χ2v) is 8.61. The van der Waals surface area contributed by atoms with Crippen LogP contribution in [0, 0.1) is 0 Å². The van der Waals surface area contributed by atoms with Gasteiger partial charge in [0.25, 0.3) is 0 Å². The first-order chi connectivity index (χ1) is 17.6. The van der Waals surface area contributed by atoms with Crippen LogP contribution >= 0.6 is 0 Å². The number of fused-ring (bicyclic) bond motifs is 3. The van der Waals surface area contributed by atoms with Gasteiger partial charge < -0.3 is 19.9 Å². The van der Waals surface area contributed by atoms with E-state index in [1.165, 1.54) is 0 Å². The molecule has 0 radical (unpaired) electrons. The average Bonchev–Trinajstić information content (AvgIpc) is 3.21. The molecule has 1 aliphatic carbocycles. The number of carboxylic acids is 1. The number of carbonyl (C=O) groups is 2. The van der Waals surface area contributed by atoms with Gasteiger partial charge in [-0.3, -0.25) is 4.79 Å². The molecule has 6 heteroatoms. The third-order valence-electron chi connectivity index (χ3n) is 6.25.